The van der Waals surface area contributed by atoms with Gasteiger partial charge in [0.1, 0.15) is 12.6 Å². The molecule has 1 atom stereocenters. The lowest BCUT2D eigenvalue weighted by Gasteiger charge is -2.28. The highest BCUT2D eigenvalue weighted by Gasteiger charge is 2.26. The standard InChI is InChI=1S/C11H17N3O6/c15-8-6-14(5-4-12-8)11(20)13-7(10(18)19)2-1-3-9(16)17/h7H,1-6H2,(H,12,15)(H,13,20)(H,16,17)(H,18,19)/t7-/m1/s1. The number of hydrogen-bond donors (Lipinski definition) is 4. The molecular formula is C11H17N3O6. The van der Waals surface area contributed by atoms with E-state index in [0.717, 1.165) is 0 Å². The van der Waals surface area contributed by atoms with Gasteiger partial charge in [0.15, 0.2) is 0 Å². The van der Waals surface area contributed by atoms with Crippen LogP contribution in [0, 0.1) is 0 Å². The van der Waals surface area contributed by atoms with Crippen LogP contribution < -0.4 is 10.6 Å². The van der Waals surface area contributed by atoms with Crippen molar-refractivity contribution in [3.63, 3.8) is 0 Å². The number of hydrogen-bond acceptors (Lipinski definition) is 4. The minimum Gasteiger partial charge on any atom is -0.481 e. The van der Waals surface area contributed by atoms with Crippen molar-refractivity contribution < 1.29 is 29.4 Å². The van der Waals surface area contributed by atoms with Crippen LogP contribution in [0.15, 0.2) is 0 Å². The molecule has 1 fully saturated rings. The first-order valence-corrected chi connectivity index (χ1v) is 6.17. The van der Waals surface area contributed by atoms with Gasteiger partial charge in [-0.3, -0.25) is 9.59 Å². The second kappa shape index (κ2) is 7.31. The van der Waals surface area contributed by atoms with Crippen LogP contribution in [0.2, 0.25) is 0 Å². The van der Waals surface area contributed by atoms with Crippen molar-refractivity contribution >= 4 is 23.9 Å². The molecule has 112 valence electrons. The van der Waals surface area contributed by atoms with Crippen LogP contribution in [0.3, 0.4) is 0 Å². The van der Waals surface area contributed by atoms with Crippen molar-refractivity contribution in [3.05, 3.63) is 0 Å². The third-order valence-electron chi connectivity index (χ3n) is 2.80. The number of carboxylic acid groups (broad SMARTS) is 2. The first kappa shape index (κ1) is 15.7. The Hall–Kier alpha value is -2.32. The molecule has 20 heavy (non-hydrogen) atoms. The Labute approximate surface area is 114 Å². The summed E-state index contributed by atoms with van der Waals surface area (Å²) in [4.78, 5) is 45.5. The Bertz CT molecular complexity index is 411. The minimum atomic E-state index is -1.23. The van der Waals surface area contributed by atoms with Crippen molar-refractivity contribution in [2.75, 3.05) is 19.6 Å². The number of nitrogens with one attached hydrogen (secondary N) is 2. The average Bonchev–Trinajstić information content (AvgIpc) is 2.36. The molecule has 1 aliphatic rings. The number of aliphatic carboxylic acids is 2. The Balaban J connectivity index is 2.47. The van der Waals surface area contributed by atoms with Crippen LogP contribution in [0.1, 0.15) is 19.3 Å². The van der Waals surface area contributed by atoms with Crippen LogP contribution in [-0.4, -0.2) is 64.7 Å². The summed E-state index contributed by atoms with van der Waals surface area (Å²) in [5.41, 5.74) is 0. The molecule has 1 saturated heterocycles. The summed E-state index contributed by atoms with van der Waals surface area (Å²) in [5.74, 6) is -2.55. The van der Waals surface area contributed by atoms with Gasteiger partial charge in [0.2, 0.25) is 5.91 Å². The van der Waals surface area contributed by atoms with Gasteiger partial charge in [-0.1, -0.05) is 0 Å². The lowest BCUT2D eigenvalue weighted by Crippen LogP contribution is -2.55. The molecule has 0 aromatic heterocycles. The van der Waals surface area contributed by atoms with Crippen LogP contribution in [0.5, 0.6) is 0 Å². The first-order chi connectivity index (χ1) is 9.40. The highest BCUT2D eigenvalue weighted by molar-refractivity contribution is 5.87. The smallest absolute Gasteiger partial charge is 0.326 e. The zero-order chi connectivity index (χ0) is 15.1. The van der Waals surface area contributed by atoms with Crippen molar-refractivity contribution in [2.45, 2.75) is 25.3 Å². The van der Waals surface area contributed by atoms with E-state index in [1.807, 2.05) is 0 Å². The largest absolute Gasteiger partial charge is 0.481 e. The number of urea groups is 1. The van der Waals surface area contributed by atoms with E-state index >= 15 is 0 Å². The van der Waals surface area contributed by atoms with E-state index in [1.54, 1.807) is 0 Å². The van der Waals surface area contributed by atoms with Crippen molar-refractivity contribution in [1.82, 2.24) is 15.5 Å². The van der Waals surface area contributed by atoms with Crippen LogP contribution in [0.4, 0.5) is 4.79 Å². The van der Waals surface area contributed by atoms with Gasteiger partial charge in [0.05, 0.1) is 0 Å². The maximum absolute atomic E-state index is 11.8. The third-order valence-corrected chi connectivity index (χ3v) is 2.80. The summed E-state index contributed by atoms with van der Waals surface area (Å²) in [6, 6.07) is -1.80. The number of piperazine rings is 1. The Morgan fingerprint density at radius 3 is 2.60 bits per heavy atom. The molecule has 0 bridgehead atoms. The van der Waals surface area contributed by atoms with E-state index in [1.165, 1.54) is 4.90 Å². The van der Waals surface area contributed by atoms with Crippen LogP contribution >= 0.6 is 0 Å². The van der Waals surface area contributed by atoms with Gasteiger partial charge in [-0.25, -0.2) is 9.59 Å². The van der Waals surface area contributed by atoms with E-state index in [2.05, 4.69) is 10.6 Å². The zero-order valence-electron chi connectivity index (χ0n) is 10.8. The number of rotatable bonds is 6. The van der Waals surface area contributed by atoms with E-state index in [4.69, 9.17) is 10.2 Å². The quantitative estimate of drug-likeness (QED) is 0.486. The Kier molecular flexibility index (Phi) is 5.75. The summed E-state index contributed by atoms with van der Waals surface area (Å²) in [5, 5.41) is 22.3. The molecule has 0 unspecified atom stereocenters. The van der Waals surface area contributed by atoms with Crippen LogP contribution in [-0.2, 0) is 14.4 Å². The van der Waals surface area contributed by atoms with Gasteiger partial charge < -0.3 is 25.7 Å². The molecule has 0 radical (unpaired) electrons. The molecule has 0 saturated carbocycles. The van der Waals surface area contributed by atoms with Gasteiger partial charge in [0.25, 0.3) is 0 Å². The number of carboxylic acids is 2. The summed E-state index contributed by atoms with van der Waals surface area (Å²) < 4.78 is 0. The van der Waals surface area contributed by atoms with E-state index < -0.39 is 24.0 Å². The predicted octanol–water partition coefficient (Wildman–Crippen LogP) is -1.16. The second-order valence-corrected chi connectivity index (χ2v) is 4.40. The SMILES string of the molecule is O=C(O)CCC[C@@H](NC(=O)N1CCNC(=O)C1)C(=O)O. The van der Waals surface area contributed by atoms with Gasteiger partial charge in [-0.2, -0.15) is 0 Å². The van der Waals surface area contributed by atoms with Gasteiger partial charge in [-0.15, -0.1) is 0 Å². The minimum absolute atomic E-state index is 0.0212. The summed E-state index contributed by atoms with van der Waals surface area (Å²) in [7, 11) is 0. The molecule has 0 spiro atoms. The van der Waals surface area contributed by atoms with Crippen molar-refractivity contribution in [3.8, 4) is 0 Å². The highest BCUT2D eigenvalue weighted by atomic mass is 16.4. The summed E-state index contributed by atoms with van der Waals surface area (Å²) in [6.45, 7) is 0.509. The number of carbonyl (C=O) groups excluding carboxylic acids is 2. The summed E-state index contributed by atoms with van der Waals surface area (Å²) >= 11 is 0. The fraction of sp³-hybridized carbons (Fsp3) is 0.636. The molecule has 3 amide bonds. The maximum atomic E-state index is 11.8. The van der Waals surface area contributed by atoms with E-state index in [0.29, 0.717) is 13.1 Å². The second-order valence-electron chi connectivity index (χ2n) is 4.40. The lowest BCUT2D eigenvalue weighted by atomic mass is 10.1. The van der Waals surface area contributed by atoms with Crippen molar-refractivity contribution in [2.24, 2.45) is 0 Å². The summed E-state index contributed by atoms with van der Waals surface area (Å²) in [6.07, 6.45) is 0.00620. The number of nitrogens with zero attached hydrogens (tertiary/aromatic N) is 1. The molecule has 0 aromatic rings. The maximum Gasteiger partial charge on any atom is 0.326 e. The zero-order valence-corrected chi connectivity index (χ0v) is 10.8. The fourth-order valence-corrected chi connectivity index (χ4v) is 1.77. The molecule has 9 nitrogen and oxygen atoms in total. The monoisotopic (exact) mass is 287 g/mol. The topological polar surface area (TPSA) is 136 Å². The molecule has 0 aromatic carbocycles. The van der Waals surface area contributed by atoms with Gasteiger partial charge >= 0.3 is 18.0 Å². The Morgan fingerprint density at radius 1 is 1.35 bits per heavy atom. The molecule has 9 heteroatoms. The molecule has 1 aliphatic heterocycles. The first-order valence-electron chi connectivity index (χ1n) is 6.17. The molecule has 4 N–H and O–H groups in total. The normalized spacial score (nSPS) is 16.2. The van der Waals surface area contributed by atoms with Crippen molar-refractivity contribution in [1.29, 1.82) is 0 Å². The average molecular weight is 287 g/mol. The van der Waals surface area contributed by atoms with Gasteiger partial charge in [-0.05, 0) is 12.8 Å². The highest BCUT2D eigenvalue weighted by Crippen LogP contribution is 2.03. The molecule has 0 aliphatic carbocycles. The fourth-order valence-electron chi connectivity index (χ4n) is 1.77. The number of carbonyl (C=O) groups is 4. The predicted molar refractivity (Wildman–Crippen MR) is 66.0 cm³/mol. The third kappa shape index (κ3) is 5.12. The van der Waals surface area contributed by atoms with E-state index in [-0.39, 0.29) is 31.7 Å². The lowest BCUT2D eigenvalue weighted by molar-refractivity contribution is -0.140. The van der Waals surface area contributed by atoms with E-state index in [9.17, 15) is 19.2 Å². The number of amides is 3. The van der Waals surface area contributed by atoms with Crippen LogP contribution in [0.25, 0.3) is 0 Å². The molecule has 1 heterocycles. The molecule has 1 rings (SSSR count). The van der Waals surface area contributed by atoms with Gasteiger partial charge in [0, 0.05) is 19.5 Å². The Morgan fingerprint density at radius 2 is 2.05 bits per heavy atom. The molecular weight excluding hydrogens is 270 g/mol.